The summed E-state index contributed by atoms with van der Waals surface area (Å²) in [4.78, 5) is 12.7. The number of benzene rings is 3. The second-order valence-corrected chi connectivity index (χ2v) is 7.16. The molecule has 3 aromatic rings. The van der Waals surface area contributed by atoms with Crippen molar-refractivity contribution in [1.29, 1.82) is 0 Å². The van der Waals surface area contributed by atoms with Gasteiger partial charge < -0.3 is 5.32 Å². The van der Waals surface area contributed by atoms with Crippen molar-refractivity contribution in [2.75, 3.05) is 5.32 Å². The maximum absolute atomic E-state index is 12.7. The summed E-state index contributed by atoms with van der Waals surface area (Å²) in [6, 6.07) is 24.5. The van der Waals surface area contributed by atoms with Crippen molar-refractivity contribution in [3.05, 3.63) is 100 Å². The number of hydrogen-bond donors (Lipinski definition) is 2. The third-order valence-electron chi connectivity index (χ3n) is 4.21. The first-order valence-electron chi connectivity index (χ1n) is 8.66. The second kappa shape index (κ2) is 9.05. The van der Waals surface area contributed by atoms with Gasteiger partial charge in [-0.3, -0.25) is 10.1 Å². The Bertz CT molecular complexity index is 841. The highest BCUT2D eigenvalue weighted by Gasteiger charge is 2.20. The van der Waals surface area contributed by atoms with Gasteiger partial charge in [0.05, 0.1) is 12.1 Å². The molecule has 0 aliphatic heterocycles. The molecule has 2 N–H and O–H groups in total. The summed E-state index contributed by atoms with van der Waals surface area (Å²) in [5.74, 6) is -0.162. The molecule has 0 radical (unpaired) electrons. The van der Waals surface area contributed by atoms with E-state index in [4.69, 9.17) is 23.2 Å². The zero-order chi connectivity index (χ0) is 19.2. The van der Waals surface area contributed by atoms with Crippen LogP contribution in [0.5, 0.6) is 0 Å². The summed E-state index contributed by atoms with van der Waals surface area (Å²) in [6.07, 6.45) is 0. The maximum atomic E-state index is 12.7. The third-order valence-corrected chi connectivity index (χ3v) is 4.64. The van der Waals surface area contributed by atoms with Gasteiger partial charge in [0.25, 0.3) is 0 Å². The molecule has 5 heteroatoms. The van der Waals surface area contributed by atoms with E-state index in [-0.39, 0.29) is 11.9 Å². The molecule has 1 amide bonds. The molecule has 0 aliphatic rings. The number of carbonyl (C=O) groups is 1. The van der Waals surface area contributed by atoms with E-state index in [0.717, 1.165) is 11.1 Å². The molecule has 0 aromatic heterocycles. The van der Waals surface area contributed by atoms with Gasteiger partial charge in [0.15, 0.2) is 0 Å². The smallest absolute Gasteiger partial charge is 0.241 e. The van der Waals surface area contributed by atoms with Crippen molar-refractivity contribution in [2.24, 2.45) is 0 Å². The van der Waals surface area contributed by atoms with Crippen LogP contribution in [0.25, 0.3) is 0 Å². The number of rotatable bonds is 6. The molecule has 0 spiro atoms. The fourth-order valence-electron chi connectivity index (χ4n) is 2.88. The highest BCUT2D eigenvalue weighted by Crippen LogP contribution is 2.24. The van der Waals surface area contributed by atoms with Gasteiger partial charge in [-0.2, -0.15) is 0 Å². The lowest BCUT2D eigenvalue weighted by Crippen LogP contribution is -2.40. The minimum atomic E-state index is -0.437. The average molecular weight is 399 g/mol. The predicted molar refractivity (Wildman–Crippen MR) is 112 cm³/mol. The number of carbonyl (C=O) groups excluding carboxylic acids is 1. The summed E-state index contributed by atoms with van der Waals surface area (Å²) in [7, 11) is 0. The van der Waals surface area contributed by atoms with Gasteiger partial charge >= 0.3 is 0 Å². The summed E-state index contributed by atoms with van der Waals surface area (Å²) in [5.41, 5.74) is 2.76. The molecule has 3 rings (SSSR count). The summed E-state index contributed by atoms with van der Waals surface area (Å²) in [6.45, 7) is 1.83. The monoisotopic (exact) mass is 398 g/mol. The first-order valence-corrected chi connectivity index (χ1v) is 9.41. The minimum Gasteiger partial charge on any atom is -0.325 e. The van der Waals surface area contributed by atoms with Gasteiger partial charge in [-0.25, -0.2) is 0 Å². The molecule has 0 heterocycles. The highest BCUT2D eigenvalue weighted by molar-refractivity contribution is 6.35. The Morgan fingerprint density at radius 3 is 1.78 bits per heavy atom. The van der Waals surface area contributed by atoms with Gasteiger partial charge in [-0.1, -0.05) is 83.9 Å². The van der Waals surface area contributed by atoms with Crippen LogP contribution >= 0.6 is 23.2 Å². The van der Waals surface area contributed by atoms with E-state index in [2.05, 4.69) is 10.6 Å². The van der Waals surface area contributed by atoms with Crippen LogP contribution < -0.4 is 10.6 Å². The zero-order valence-corrected chi connectivity index (χ0v) is 16.3. The van der Waals surface area contributed by atoms with Crippen molar-refractivity contribution in [1.82, 2.24) is 5.32 Å². The number of nitrogens with one attached hydrogen (secondary N) is 2. The molecular weight excluding hydrogens is 379 g/mol. The van der Waals surface area contributed by atoms with Gasteiger partial charge in [0.2, 0.25) is 5.91 Å². The normalized spacial score (nSPS) is 12.0. The Labute approximate surface area is 169 Å². The first-order chi connectivity index (χ1) is 13.0. The predicted octanol–water partition coefficient (Wildman–Crippen LogP) is 5.70. The van der Waals surface area contributed by atoms with Crippen molar-refractivity contribution in [3.63, 3.8) is 0 Å². The average Bonchev–Trinajstić information content (AvgIpc) is 2.66. The standard InChI is InChI=1S/C22H20Cl2N2O/c1-15(22(27)26-20-13-18(23)12-19(24)14-20)25-21(16-8-4-2-5-9-16)17-10-6-3-7-11-17/h2-15,21,25H,1H3,(H,26,27)/t15-/m1/s1. The molecule has 0 bridgehead atoms. The molecular formula is C22H20Cl2N2O. The Kier molecular flexibility index (Phi) is 6.51. The Balaban J connectivity index is 1.78. The van der Waals surface area contributed by atoms with Crippen LogP contribution in [0.1, 0.15) is 24.1 Å². The maximum Gasteiger partial charge on any atom is 0.241 e. The number of amides is 1. The van der Waals surface area contributed by atoms with Crippen LogP contribution in [0.2, 0.25) is 10.0 Å². The number of halogens is 2. The van der Waals surface area contributed by atoms with E-state index in [1.165, 1.54) is 0 Å². The van der Waals surface area contributed by atoms with Crippen LogP contribution in [0, 0.1) is 0 Å². The number of hydrogen-bond acceptors (Lipinski definition) is 2. The third kappa shape index (κ3) is 5.33. The van der Waals surface area contributed by atoms with Crippen molar-refractivity contribution >= 4 is 34.8 Å². The SMILES string of the molecule is C[C@@H](NC(c1ccccc1)c1ccccc1)C(=O)Nc1cc(Cl)cc(Cl)c1. The molecule has 1 atom stereocenters. The Morgan fingerprint density at radius 1 is 0.815 bits per heavy atom. The highest BCUT2D eigenvalue weighted by atomic mass is 35.5. The fourth-order valence-corrected chi connectivity index (χ4v) is 3.40. The van der Waals surface area contributed by atoms with Crippen LogP contribution in [0.15, 0.2) is 78.9 Å². The molecule has 3 aromatic carbocycles. The molecule has 0 saturated carbocycles. The quantitative estimate of drug-likeness (QED) is 0.558. The topological polar surface area (TPSA) is 41.1 Å². The lowest BCUT2D eigenvalue weighted by atomic mass is 9.98. The summed E-state index contributed by atoms with van der Waals surface area (Å²) in [5, 5.41) is 7.24. The molecule has 27 heavy (non-hydrogen) atoms. The lowest BCUT2D eigenvalue weighted by molar-refractivity contribution is -0.117. The van der Waals surface area contributed by atoms with Gasteiger partial charge in [-0.15, -0.1) is 0 Å². The van der Waals surface area contributed by atoms with Crippen molar-refractivity contribution in [2.45, 2.75) is 19.0 Å². The van der Waals surface area contributed by atoms with Crippen molar-refractivity contribution < 1.29 is 4.79 Å². The van der Waals surface area contributed by atoms with E-state index in [1.807, 2.05) is 67.6 Å². The largest absolute Gasteiger partial charge is 0.325 e. The Morgan fingerprint density at radius 2 is 1.30 bits per heavy atom. The minimum absolute atomic E-state index is 0.101. The molecule has 0 aliphatic carbocycles. The van der Waals surface area contributed by atoms with Crippen LogP contribution in [0.4, 0.5) is 5.69 Å². The van der Waals surface area contributed by atoms with E-state index in [9.17, 15) is 4.79 Å². The molecule has 0 fully saturated rings. The van der Waals surface area contributed by atoms with Crippen LogP contribution in [-0.4, -0.2) is 11.9 Å². The van der Waals surface area contributed by atoms with Gasteiger partial charge in [0.1, 0.15) is 0 Å². The molecule has 0 saturated heterocycles. The first kappa shape index (κ1) is 19.4. The fraction of sp³-hybridized carbons (Fsp3) is 0.136. The molecule has 3 nitrogen and oxygen atoms in total. The molecule has 0 unspecified atom stereocenters. The lowest BCUT2D eigenvalue weighted by Gasteiger charge is -2.24. The number of anilines is 1. The second-order valence-electron chi connectivity index (χ2n) is 6.29. The summed E-state index contributed by atoms with van der Waals surface area (Å²) < 4.78 is 0. The molecule has 138 valence electrons. The Hall–Kier alpha value is -2.33. The van der Waals surface area contributed by atoms with Crippen LogP contribution in [-0.2, 0) is 4.79 Å². The van der Waals surface area contributed by atoms with E-state index in [1.54, 1.807) is 18.2 Å². The van der Waals surface area contributed by atoms with E-state index in [0.29, 0.717) is 15.7 Å². The van der Waals surface area contributed by atoms with Crippen LogP contribution in [0.3, 0.4) is 0 Å². The van der Waals surface area contributed by atoms with E-state index < -0.39 is 6.04 Å². The van der Waals surface area contributed by atoms with E-state index >= 15 is 0 Å². The van der Waals surface area contributed by atoms with Gasteiger partial charge in [0, 0.05) is 15.7 Å². The van der Waals surface area contributed by atoms with Crippen molar-refractivity contribution in [3.8, 4) is 0 Å². The zero-order valence-electron chi connectivity index (χ0n) is 14.8. The summed E-state index contributed by atoms with van der Waals surface area (Å²) >= 11 is 12.0. The van der Waals surface area contributed by atoms with Gasteiger partial charge in [-0.05, 0) is 36.2 Å².